The van der Waals surface area contributed by atoms with E-state index in [4.69, 9.17) is 14.2 Å². The summed E-state index contributed by atoms with van der Waals surface area (Å²) in [5.41, 5.74) is 0.792. The summed E-state index contributed by atoms with van der Waals surface area (Å²) in [6, 6.07) is 0. The minimum atomic E-state index is -0.431. The highest BCUT2D eigenvalue weighted by Gasteiger charge is 2.60. The standard InChI is InChI=1S/C17H24O5/c1-9-5-6-14-17(4,22-14)15(20-11(3)18)8-12-10(2)16(19)21-13(12)7-9/h7,10,12-15H,5-6,8H2,1-4H3/b9-7+/t10-,12-,13+,14+,15?,17-/m0/s1. The first-order chi connectivity index (χ1) is 10.3. The minimum Gasteiger partial charge on any atom is -0.459 e. The van der Waals surface area contributed by atoms with E-state index < -0.39 is 5.60 Å². The molecule has 2 heterocycles. The molecule has 1 aliphatic carbocycles. The summed E-state index contributed by atoms with van der Waals surface area (Å²) >= 11 is 0. The fraction of sp³-hybridized carbons (Fsp3) is 0.765. The van der Waals surface area contributed by atoms with Gasteiger partial charge in [-0.2, -0.15) is 0 Å². The third kappa shape index (κ3) is 2.67. The van der Waals surface area contributed by atoms with Crippen molar-refractivity contribution >= 4 is 11.9 Å². The maximum absolute atomic E-state index is 12.0. The van der Waals surface area contributed by atoms with Gasteiger partial charge in [0.2, 0.25) is 0 Å². The van der Waals surface area contributed by atoms with Crippen molar-refractivity contribution in [3.05, 3.63) is 11.6 Å². The molecule has 122 valence electrons. The van der Waals surface area contributed by atoms with E-state index in [0.717, 1.165) is 12.8 Å². The number of carbonyl (C=O) groups excluding carboxylic acids is 2. The van der Waals surface area contributed by atoms with Gasteiger partial charge >= 0.3 is 11.9 Å². The zero-order valence-corrected chi connectivity index (χ0v) is 13.6. The van der Waals surface area contributed by atoms with Crippen LogP contribution in [0.3, 0.4) is 0 Å². The van der Waals surface area contributed by atoms with Gasteiger partial charge in [0.25, 0.3) is 0 Å². The quantitative estimate of drug-likeness (QED) is 0.423. The van der Waals surface area contributed by atoms with Crippen molar-refractivity contribution in [2.75, 3.05) is 0 Å². The van der Waals surface area contributed by atoms with Gasteiger partial charge < -0.3 is 14.2 Å². The Bertz CT molecular complexity index is 525. The second-order valence-corrected chi connectivity index (χ2v) is 7.03. The van der Waals surface area contributed by atoms with Gasteiger partial charge in [-0.3, -0.25) is 9.59 Å². The molecule has 2 fully saturated rings. The number of fused-ring (bicyclic) bond motifs is 2. The summed E-state index contributed by atoms with van der Waals surface area (Å²) < 4.78 is 16.9. The van der Waals surface area contributed by atoms with Crippen LogP contribution in [0.25, 0.3) is 0 Å². The van der Waals surface area contributed by atoms with Crippen molar-refractivity contribution < 1.29 is 23.8 Å². The molecule has 3 aliphatic rings. The number of rotatable bonds is 1. The Morgan fingerprint density at radius 2 is 2.18 bits per heavy atom. The highest BCUT2D eigenvalue weighted by molar-refractivity contribution is 5.75. The van der Waals surface area contributed by atoms with Crippen molar-refractivity contribution in [2.45, 2.75) is 70.9 Å². The fourth-order valence-electron chi connectivity index (χ4n) is 3.75. The third-order valence-corrected chi connectivity index (χ3v) is 5.35. The molecule has 3 rings (SSSR count). The molecule has 0 aromatic heterocycles. The molecule has 0 aromatic carbocycles. The SMILES string of the molecule is CC(=O)OC1C[C@H]2[C@H](C)C(=O)O[C@@H]2/C=C(\C)CC[C@H]2O[C@]12C. The second kappa shape index (κ2) is 5.37. The molecule has 5 nitrogen and oxygen atoms in total. The molecular weight excluding hydrogens is 284 g/mol. The lowest BCUT2D eigenvalue weighted by Gasteiger charge is -2.27. The van der Waals surface area contributed by atoms with Gasteiger partial charge in [-0.1, -0.05) is 12.5 Å². The summed E-state index contributed by atoms with van der Waals surface area (Å²) in [6.45, 7) is 7.38. The number of hydrogen-bond acceptors (Lipinski definition) is 5. The van der Waals surface area contributed by atoms with Crippen molar-refractivity contribution in [2.24, 2.45) is 11.8 Å². The normalized spacial score (nSPS) is 46.6. The molecule has 22 heavy (non-hydrogen) atoms. The van der Waals surface area contributed by atoms with E-state index in [1.807, 2.05) is 13.8 Å². The maximum Gasteiger partial charge on any atom is 0.309 e. The molecule has 6 atom stereocenters. The molecule has 2 saturated heterocycles. The van der Waals surface area contributed by atoms with Crippen LogP contribution in [0.4, 0.5) is 0 Å². The molecule has 5 heteroatoms. The highest BCUT2D eigenvalue weighted by Crippen LogP contribution is 2.48. The van der Waals surface area contributed by atoms with Crippen LogP contribution < -0.4 is 0 Å². The summed E-state index contributed by atoms with van der Waals surface area (Å²) in [5, 5.41) is 0. The second-order valence-electron chi connectivity index (χ2n) is 7.03. The Morgan fingerprint density at radius 3 is 2.86 bits per heavy atom. The summed E-state index contributed by atoms with van der Waals surface area (Å²) in [6.07, 6.45) is 4.02. The van der Waals surface area contributed by atoms with E-state index >= 15 is 0 Å². The van der Waals surface area contributed by atoms with E-state index in [2.05, 4.69) is 13.0 Å². The van der Waals surface area contributed by atoms with Crippen LogP contribution in [0.15, 0.2) is 11.6 Å². The predicted octanol–water partition coefficient (Wildman–Crippen LogP) is 2.38. The lowest BCUT2D eigenvalue weighted by atomic mass is 9.80. The summed E-state index contributed by atoms with van der Waals surface area (Å²) in [4.78, 5) is 23.4. The van der Waals surface area contributed by atoms with Crippen LogP contribution in [-0.4, -0.2) is 35.9 Å². The third-order valence-electron chi connectivity index (χ3n) is 5.35. The molecule has 2 aliphatic heterocycles. The van der Waals surface area contributed by atoms with Crippen LogP contribution >= 0.6 is 0 Å². The lowest BCUT2D eigenvalue weighted by Crippen LogP contribution is -2.38. The molecule has 1 unspecified atom stereocenters. The van der Waals surface area contributed by atoms with Crippen molar-refractivity contribution in [1.29, 1.82) is 0 Å². The molecule has 0 spiro atoms. The molecule has 0 amide bonds. The Hall–Kier alpha value is -1.36. The Morgan fingerprint density at radius 1 is 1.45 bits per heavy atom. The number of esters is 2. The topological polar surface area (TPSA) is 65.1 Å². The average Bonchev–Trinajstić information content (AvgIpc) is 3.03. The van der Waals surface area contributed by atoms with Crippen LogP contribution in [0.1, 0.15) is 47.0 Å². The van der Waals surface area contributed by atoms with Crippen LogP contribution in [0.5, 0.6) is 0 Å². The maximum atomic E-state index is 12.0. The Labute approximate surface area is 131 Å². The first-order valence-electron chi connectivity index (χ1n) is 8.04. The van der Waals surface area contributed by atoms with Crippen molar-refractivity contribution in [3.63, 3.8) is 0 Å². The van der Waals surface area contributed by atoms with E-state index in [9.17, 15) is 9.59 Å². The molecular formula is C17H24O5. The number of ether oxygens (including phenoxy) is 3. The Balaban J connectivity index is 1.90. The Kier molecular flexibility index (Phi) is 3.79. The molecule has 0 aromatic rings. The number of carbonyl (C=O) groups is 2. The number of allylic oxidation sites excluding steroid dienone is 1. The molecule has 0 radical (unpaired) electrons. The molecule has 0 saturated carbocycles. The van der Waals surface area contributed by atoms with Crippen LogP contribution in [0.2, 0.25) is 0 Å². The first kappa shape index (κ1) is 15.5. The van der Waals surface area contributed by atoms with Gasteiger partial charge in [0.1, 0.15) is 17.8 Å². The van der Waals surface area contributed by atoms with Gasteiger partial charge in [-0.15, -0.1) is 0 Å². The predicted molar refractivity (Wildman–Crippen MR) is 79.0 cm³/mol. The zero-order valence-electron chi connectivity index (χ0n) is 13.6. The smallest absolute Gasteiger partial charge is 0.309 e. The van der Waals surface area contributed by atoms with Crippen LogP contribution in [0, 0.1) is 11.8 Å². The minimum absolute atomic E-state index is 0.0200. The number of hydrogen-bond donors (Lipinski definition) is 0. The van der Waals surface area contributed by atoms with E-state index in [1.54, 1.807) is 0 Å². The van der Waals surface area contributed by atoms with E-state index in [-0.39, 0.29) is 42.1 Å². The van der Waals surface area contributed by atoms with Crippen molar-refractivity contribution in [3.8, 4) is 0 Å². The monoisotopic (exact) mass is 308 g/mol. The highest BCUT2D eigenvalue weighted by atomic mass is 16.6. The van der Waals surface area contributed by atoms with Gasteiger partial charge in [-0.25, -0.2) is 0 Å². The van der Waals surface area contributed by atoms with Crippen molar-refractivity contribution in [1.82, 2.24) is 0 Å². The summed E-state index contributed by atoms with van der Waals surface area (Å²) in [5.74, 6) is -0.643. The average molecular weight is 308 g/mol. The van der Waals surface area contributed by atoms with E-state index in [0.29, 0.717) is 6.42 Å². The summed E-state index contributed by atoms with van der Waals surface area (Å²) in [7, 11) is 0. The molecule has 0 N–H and O–H groups in total. The van der Waals surface area contributed by atoms with Gasteiger partial charge in [-0.05, 0) is 39.2 Å². The number of epoxide rings is 1. The van der Waals surface area contributed by atoms with Gasteiger partial charge in [0.05, 0.1) is 12.0 Å². The zero-order chi connectivity index (χ0) is 16.1. The van der Waals surface area contributed by atoms with Gasteiger partial charge in [0.15, 0.2) is 0 Å². The van der Waals surface area contributed by atoms with E-state index in [1.165, 1.54) is 12.5 Å². The lowest BCUT2D eigenvalue weighted by molar-refractivity contribution is -0.151. The molecule has 0 bridgehead atoms. The fourth-order valence-corrected chi connectivity index (χ4v) is 3.75. The first-order valence-corrected chi connectivity index (χ1v) is 8.04. The van der Waals surface area contributed by atoms with Crippen LogP contribution in [-0.2, 0) is 23.8 Å². The largest absolute Gasteiger partial charge is 0.459 e. The van der Waals surface area contributed by atoms with Gasteiger partial charge in [0, 0.05) is 12.8 Å².